The summed E-state index contributed by atoms with van der Waals surface area (Å²) < 4.78 is 31.4. The third-order valence-corrected chi connectivity index (χ3v) is 8.03. The van der Waals surface area contributed by atoms with Gasteiger partial charge >= 0.3 is 5.97 Å². The first-order valence-electron chi connectivity index (χ1n) is 11.5. The topological polar surface area (TPSA) is 106 Å². The molecule has 0 saturated heterocycles. The lowest BCUT2D eigenvalue weighted by molar-refractivity contribution is -0.119. The lowest BCUT2D eigenvalue weighted by atomic mass is 9.89. The summed E-state index contributed by atoms with van der Waals surface area (Å²) in [6.07, 6.45) is 3.55. The Morgan fingerprint density at radius 3 is 2.54 bits per heavy atom. The van der Waals surface area contributed by atoms with Crippen molar-refractivity contribution in [1.82, 2.24) is 9.29 Å². The molecular weight excluding hydrogens is 466 g/mol. The minimum absolute atomic E-state index is 0.0608. The molecule has 1 aliphatic rings. The number of pyridine rings is 1. The van der Waals surface area contributed by atoms with Crippen molar-refractivity contribution in [2.75, 3.05) is 26.0 Å². The van der Waals surface area contributed by atoms with Crippen LogP contribution >= 0.6 is 0 Å². The standard InChI is InChI=1S/C26H29N3O5S/c1-16-9-12-22-20(13-16)25(19-7-5-6-8-21(19)27-22)26(31)34-15-24(30)28-23-14-18(11-10-17(23)2)35(32,33)29(3)4/h9-14H,5-8,15H2,1-4H3,(H,28,30). The van der Waals surface area contributed by atoms with Gasteiger partial charge in [-0.05, 0) is 74.9 Å². The summed E-state index contributed by atoms with van der Waals surface area (Å²) in [4.78, 5) is 30.7. The van der Waals surface area contributed by atoms with Gasteiger partial charge < -0.3 is 10.1 Å². The normalized spacial score (nSPS) is 13.5. The molecule has 3 aromatic rings. The molecule has 0 saturated carbocycles. The number of esters is 1. The number of aromatic nitrogens is 1. The van der Waals surface area contributed by atoms with Crippen molar-refractivity contribution in [3.8, 4) is 0 Å². The third kappa shape index (κ3) is 5.06. The fourth-order valence-electron chi connectivity index (χ4n) is 4.27. The summed E-state index contributed by atoms with van der Waals surface area (Å²) >= 11 is 0. The molecule has 0 atom stereocenters. The molecule has 35 heavy (non-hydrogen) atoms. The van der Waals surface area contributed by atoms with Crippen LogP contribution < -0.4 is 5.32 Å². The highest BCUT2D eigenvalue weighted by molar-refractivity contribution is 7.89. The third-order valence-electron chi connectivity index (χ3n) is 6.22. The maximum Gasteiger partial charge on any atom is 0.339 e. The Kier molecular flexibility index (Phi) is 6.91. The number of nitrogens with one attached hydrogen (secondary N) is 1. The number of carbonyl (C=O) groups excluding carboxylic acids is 2. The van der Waals surface area contributed by atoms with Crippen molar-refractivity contribution in [1.29, 1.82) is 0 Å². The van der Waals surface area contributed by atoms with E-state index in [0.29, 0.717) is 16.8 Å². The van der Waals surface area contributed by atoms with Crippen molar-refractivity contribution in [2.45, 2.75) is 44.4 Å². The molecule has 0 fully saturated rings. The second kappa shape index (κ2) is 9.75. The highest BCUT2D eigenvalue weighted by atomic mass is 32.2. The van der Waals surface area contributed by atoms with Gasteiger partial charge in [-0.1, -0.05) is 17.7 Å². The molecule has 0 unspecified atom stereocenters. The molecule has 8 nitrogen and oxygen atoms in total. The number of carbonyl (C=O) groups is 2. The Labute approximate surface area is 205 Å². The number of sulfonamides is 1. The van der Waals surface area contributed by atoms with E-state index in [0.717, 1.165) is 57.7 Å². The second-order valence-electron chi connectivity index (χ2n) is 9.03. The molecule has 4 rings (SSSR count). The Balaban J connectivity index is 1.55. The highest BCUT2D eigenvalue weighted by Gasteiger charge is 2.25. The average molecular weight is 496 g/mol. The SMILES string of the molecule is Cc1ccc2nc3c(c(C(=O)OCC(=O)Nc4cc(S(=O)(=O)N(C)C)ccc4C)c2c1)CCCC3. The molecule has 1 heterocycles. The fourth-order valence-corrected chi connectivity index (χ4v) is 5.20. The van der Waals surface area contributed by atoms with Crippen LogP contribution in [0, 0.1) is 13.8 Å². The van der Waals surface area contributed by atoms with Crippen LogP contribution in [0.1, 0.15) is 45.6 Å². The summed E-state index contributed by atoms with van der Waals surface area (Å²) in [6, 6.07) is 10.3. The molecule has 1 aromatic heterocycles. The minimum Gasteiger partial charge on any atom is -0.452 e. The van der Waals surface area contributed by atoms with E-state index in [1.165, 1.54) is 26.2 Å². The molecule has 1 N–H and O–H groups in total. The molecule has 0 spiro atoms. The quantitative estimate of drug-likeness (QED) is 0.522. The van der Waals surface area contributed by atoms with Crippen molar-refractivity contribution in [2.24, 2.45) is 0 Å². The van der Waals surface area contributed by atoms with E-state index in [2.05, 4.69) is 5.32 Å². The van der Waals surface area contributed by atoms with E-state index >= 15 is 0 Å². The van der Waals surface area contributed by atoms with Crippen molar-refractivity contribution < 1.29 is 22.7 Å². The first-order valence-corrected chi connectivity index (χ1v) is 12.9. The van der Waals surface area contributed by atoms with Crippen LogP contribution in [0.2, 0.25) is 0 Å². The monoisotopic (exact) mass is 495 g/mol. The zero-order chi connectivity index (χ0) is 25.3. The van der Waals surface area contributed by atoms with Crippen LogP contribution in [0.3, 0.4) is 0 Å². The molecule has 1 aliphatic carbocycles. The maximum absolute atomic E-state index is 13.2. The van der Waals surface area contributed by atoms with Gasteiger partial charge in [0.2, 0.25) is 10.0 Å². The number of nitrogens with zero attached hydrogens (tertiary/aromatic N) is 2. The van der Waals surface area contributed by atoms with Crippen LogP contribution in [0.4, 0.5) is 5.69 Å². The number of hydrogen-bond donors (Lipinski definition) is 1. The number of amides is 1. The average Bonchev–Trinajstić information content (AvgIpc) is 2.82. The number of hydrogen-bond acceptors (Lipinski definition) is 6. The van der Waals surface area contributed by atoms with Crippen LogP contribution in [0.5, 0.6) is 0 Å². The van der Waals surface area contributed by atoms with Crippen LogP contribution in [0.15, 0.2) is 41.3 Å². The van der Waals surface area contributed by atoms with Gasteiger partial charge in [0, 0.05) is 30.9 Å². The van der Waals surface area contributed by atoms with E-state index in [4.69, 9.17) is 9.72 Å². The molecule has 0 radical (unpaired) electrons. The van der Waals surface area contributed by atoms with Crippen LogP contribution in [-0.4, -0.2) is 50.3 Å². The van der Waals surface area contributed by atoms with E-state index in [1.54, 1.807) is 13.0 Å². The second-order valence-corrected chi connectivity index (χ2v) is 11.2. The van der Waals surface area contributed by atoms with Gasteiger partial charge in [-0.25, -0.2) is 17.5 Å². The number of anilines is 1. The zero-order valence-electron chi connectivity index (χ0n) is 20.3. The minimum atomic E-state index is -3.66. The van der Waals surface area contributed by atoms with Crippen molar-refractivity contribution in [3.63, 3.8) is 0 Å². The van der Waals surface area contributed by atoms with E-state index in [-0.39, 0.29) is 4.90 Å². The first kappa shape index (κ1) is 24.8. The van der Waals surface area contributed by atoms with Crippen LogP contribution in [0.25, 0.3) is 10.9 Å². The summed E-state index contributed by atoms with van der Waals surface area (Å²) in [5, 5.41) is 3.40. The largest absolute Gasteiger partial charge is 0.452 e. The lowest BCUT2D eigenvalue weighted by Crippen LogP contribution is -2.24. The van der Waals surface area contributed by atoms with E-state index < -0.39 is 28.5 Å². The van der Waals surface area contributed by atoms with Gasteiger partial charge in [0.1, 0.15) is 0 Å². The Morgan fingerprint density at radius 1 is 1.06 bits per heavy atom. The number of fused-ring (bicyclic) bond motifs is 2. The molecule has 184 valence electrons. The molecule has 0 bridgehead atoms. The van der Waals surface area contributed by atoms with Gasteiger partial charge in [0.25, 0.3) is 5.91 Å². The maximum atomic E-state index is 13.2. The molecule has 2 aromatic carbocycles. The van der Waals surface area contributed by atoms with Gasteiger partial charge in [-0.3, -0.25) is 9.78 Å². The predicted molar refractivity (Wildman–Crippen MR) is 134 cm³/mol. The Morgan fingerprint density at radius 2 is 1.80 bits per heavy atom. The van der Waals surface area contributed by atoms with Gasteiger partial charge in [-0.2, -0.15) is 0 Å². The number of aryl methyl sites for hydroxylation is 3. The summed E-state index contributed by atoms with van der Waals surface area (Å²) in [5.41, 5.74) is 5.07. The summed E-state index contributed by atoms with van der Waals surface area (Å²) in [5.74, 6) is -1.11. The molecule has 1 amide bonds. The number of ether oxygens (including phenoxy) is 1. The predicted octanol–water partition coefficient (Wildman–Crippen LogP) is 3.78. The number of rotatable bonds is 6. The fraction of sp³-hybridized carbons (Fsp3) is 0.346. The van der Waals surface area contributed by atoms with Gasteiger partial charge in [0.15, 0.2) is 6.61 Å². The van der Waals surface area contributed by atoms with Crippen molar-refractivity contribution in [3.05, 3.63) is 64.3 Å². The lowest BCUT2D eigenvalue weighted by Gasteiger charge is -2.20. The number of benzene rings is 2. The van der Waals surface area contributed by atoms with Gasteiger partial charge in [-0.15, -0.1) is 0 Å². The molecular formula is C26H29N3O5S. The van der Waals surface area contributed by atoms with Crippen LogP contribution in [-0.2, 0) is 32.4 Å². The highest BCUT2D eigenvalue weighted by Crippen LogP contribution is 2.30. The van der Waals surface area contributed by atoms with E-state index in [1.807, 2.05) is 25.1 Å². The summed E-state index contributed by atoms with van der Waals surface area (Å²) in [6.45, 7) is 3.22. The van der Waals surface area contributed by atoms with E-state index in [9.17, 15) is 18.0 Å². The zero-order valence-corrected chi connectivity index (χ0v) is 21.2. The smallest absolute Gasteiger partial charge is 0.339 e. The molecule has 9 heteroatoms. The molecule has 0 aliphatic heterocycles. The summed E-state index contributed by atoms with van der Waals surface area (Å²) in [7, 11) is -0.775. The van der Waals surface area contributed by atoms with Crippen molar-refractivity contribution >= 4 is 38.5 Å². The van der Waals surface area contributed by atoms with Gasteiger partial charge in [0.05, 0.1) is 16.0 Å². The Hall–Kier alpha value is -3.30. The Bertz CT molecular complexity index is 1430. The first-order chi connectivity index (χ1) is 16.6.